The summed E-state index contributed by atoms with van der Waals surface area (Å²) in [4.78, 5) is 3.99. The molecule has 0 aliphatic heterocycles. The summed E-state index contributed by atoms with van der Waals surface area (Å²) in [6.07, 6.45) is 7.87. The van der Waals surface area contributed by atoms with Crippen LogP contribution in [0.3, 0.4) is 0 Å². The number of aromatic nitrogens is 2. The molecule has 1 atom stereocenters. The highest BCUT2D eigenvalue weighted by Gasteiger charge is 2.07. The number of imidazole rings is 1. The number of unbranched alkanes of at least 4 members (excludes halogenated alkanes) is 1. The maximum atomic E-state index is 5.52. The molecule has 0 N–H and O–H groups in total. The van der Waals surface area contributed by atoms with Gasteiger partial charge in [0.1, 0.15) is 0 Å². The third kappa shape index (κ3) is 4.95. The highest BCUT2D eigenvalue weighted by Crippen LogP contribution is 1.98. The molecular formula is C11H20N2O2. The smallest absolute Gasteiger partial charge is 0.0983 e. The van der Waals surface area contributed by atoms with Crippen molar-refractivity contribution in [2.75, 3.05) is 20.3 Å². The average Bonchev–Trinajstić information content (AvgIpc) is 2.75. The summed E-state index contributed by atoms with van der Waals surface area (Å²) in [5, 5.41) is 0. The Kier molecular flexibility index (Phi) is 6.04. The van der Waals surface area contributed by atoms with Crippen LogP contribution in [0.4, 0.5) is 0 Å². The predicted octanol–water partition coefficient (Wildman–Crippen LogP) is 1.71. The molecule has 4 nitrogen and oxygen atoms in total. The van der Waals surface area contributed by atoms with E-state index in [1.54, 1.807) is 19.6 Å². The van der Waals surface area contributed by atoms with Gasteiger partial charge >= 0.3 is 0 Å². The second kappa shape index (κ2) is 7.43. The van der Waals surface area contributed by atoms with Gasteiger partial charge < -0.3 is 14.0 Å². The quantitative estimate of drug-likeness (QED) is 0.615. The minimum absolute atomic E-state index is 0.107. The molecule has 1 unspecified atom stereocenters. The van der Waals surface area contributed by atoms with E-state index < -0.39 is 0 Å². The summed E-state index contributed by atoms with van der Waals surface area (Å²) in [6.45, 7) is 4.42. The fourth-order valence-corrected chi connectivity index (χ4v) is 1.29. The molecule has 0 aliphatic rings. The van der Waals surface area contributed by atoms with E-state index in [0.29, 0.717) is 6.61 Å². The summed E-state index contributed by atoms with van der Waals surface area (Å²) >= 11 is 0. The number of methoxy groups -OCH3 is 1. The van der Waals surface area contributed by atoms with Crippen LogP contribution in [0.25, 0.3) is 0 Å². The summed E-state index contributed by atoms with van der Waals surface area (Å²) in [5.41, 5.74) is 0. The number of ether oxygens (including phenoxy) is 2. The van der Waals surface area contributed by atoms with Crippen LogP contribution in [0.2, 0.25) is 0 Å². The van der Waals surface area contributed by atoms with E-state index in [2.05, 4.69) is 11.9 Å². The van der Waals surface area contributed by atoms with Gasteiger partial charge in [-0.3, -0.25) is 0 Å². The molecule has 4 heteroatoms. The van der Waals surface area contributed by atoms with Gasteiger partial charge in [-0.1, -0.05) is 13.3 Å². The zero-order chi connectivity index (χ0) is 10.9. The van der Waals surface area contributed by atoms with Gasteiger partial charge in [0.25, 0.3) is 0 Å². The first-order chi connectivity index (χ1) is 7.36. The van der Waals surface area contributed by atoms with E-state index in [9.17, 15) is 0 Å². The summed E-state index contributed by atoms with van der Waals surface area (Å²) < 4.78 is 12.8. The van der Waals surface area contributed by atoms with Crippen molar-refractivity contribution in [3.05, 3.63) is 18.7 Å². The molecule has 15 heavy (non-hydrogen) atoms. The zero-order valence-corrected chi connectivity index (χ0v) is 9.56. The molecule has 1 rings (SSSR count). The van der Waals surface area contributed by atoms with Crippen molar-refractivity contribution in [1.29, 1.82) is 0 Å². The van der Waals surface area contributed by atoms with Crippen molar-refractivity contribution in [2.24, 2.45) is 0 Å². The van der Waals surface area contributed by atoms with Crippen LogP contribution in [0, 0.1) is 0 Å². The fourth-order valence-electron chi connectivity index (χ4n) is 1.29. The highest BCUT2D eigenvalue weighted by molar-refractivity contribution is 4.75. The maximum absolute atomic E-state index is 5.52. The molecule has 0 amide bonds. The number of nitrogens with zero attached hydrogens (tertiary/aromatic N) is 2. The van der Waals surface area contributed by atoms with Crippen LogP contribution in [-0.2, 0) is 16.0 Å². The highest BCUT2D eigenvalue weighted by atomic mass is 16.5. The van der Waals surface area contributed by atoms with Crippen LogP contribution >= 0.6 is 0 Å². The van der Waals surface area contributed by atoms with E-state index in [1.807, 2.05) is 10.8 Å². The summed E-state index contributed by atoms with van der Waals surface area (Å²) in [7, 11) is 1.71. The summed E-state index contributed by atoms with van der Waals surface area (Å²) in [5.74, 6) is 0. The zero-order valence-electron chi connectivity index (χ0n) is 9.56. The van der Waals surface area contributed by atoms with Gasteiger partial charge in [0, 0.05) is 26.1 Å². The molecule has 0 aliphatic carbocycles. The normalized spacial score (nSPS) is 12.9. The SMILES string of the molecule is CCCCOCC(Cn1ccnc1)OC. The molecule has 1 aromatic rings. The van der Waals surface area contributed by atoms with E-state index in [4.69, 9.17) is 9.47 Å². The van der Waals surface area contributed by atoms with Crippen LogP contribution in [0.5, 0.6) is 0 Å². The van der Waals surface area contributed by atoms with Crippen LogP contribution < -0.4 is 0 Å². The first-order valence-corrected chi connectivity index (χ1v) is 5.43. The summed E-state index contributed by atoms with van der Waals surface area (Å²) in [6, 6.07) is 0. The Morgan fingerprint density at radius 3 is 2.93 bits per heavy atom. The number of hydrogen-bond acceptors (Lipinski definition) is 3. The van der Waals surface area contributed by atoms with E-state index >= 15 is 0 Å². The Morgan fingerprint density at radius 2 is 2.33 bits per heavy atom. The Bertz CT molecular complexity index is 237. The van der Waals surface area contributed by atoms with Crippen LogP contribution in [-0.4, -0.2) is 36.0 Å². The van der Waals surface area contributed by atoms with Crippen molar-refractivity contribution < 1.29 is 9.47 Å². The van der Waals surface area contributed by atoms with Crippen molar-refractivity contribution in [3.63, 3.8) is 0 Å². The topological polar surface area (TPSA) is 36.3 Å². The molecule has 0 radical (unpaired) electrons. The minimum atomic E-state index is 0.107. The Labute approximate surface area is 91.2 Å². The van der Waals surface area contributed by atoms with Gasteiger partial charge in [-0.2, -0.15) is 0 Å². The van der Waals surface area contributed by atoms with Gasteiger partial charge in [0.05, 0.1) is 25.6 Å². The lowest BCUT2D eigenvalue weighted by molar-refractivity contribution is -0.000704. The van der Waals surface area contributed by atoms with Crippen molar-refractivity contribution in [3.8, 4) is 0 Å². The molecule has 0 fully saturated rings. The first kappa shape index (κ1) is 12.2. The molecule has 0 saturated heterocycles. The van der Waals surface area contributed by atoms with Crippen LogP contribution in [0.1, 0.15) is 19.8 Å². The largest absolute Gasteiger partial charge is 0.379 e. The van der Waals surface area contributed by atoms with Gasteiger partial charge in [-0.05, 0) is 6.42 Å². The third-order valence-electron chi connectivity index (χ3n) is 2.25. The van der Waals surface area contributed by atoms with Crippen molar-refractivity contribution in [1.82, 2.24) is 9.55 Å². The van der Waals surface area contributed by atoms with E-state index in [0.717, 1.165) is 19.6 Å². The van der Waals surface area contributed by atoms with Crippen molar-refractivity contribution in [2.45, 2.75) is 32.4 Å². The Hall–Kier alpha value is -0.870. The lowest BCUT2D eigenvalue weighted by Crippen LogP contribution is -2.24. The third-order valence-corrected chi connectivity index (χ3v) is 2.25. The van der Waals surface area contributed by atoms with Crippen LogP contribution in [0.15, 0.2) is 18.7 Å². The average molecular weight is 212 g/mol. The van der Waals surface area contributed by atoms with Gasteiger partial charge in [0.15, 0.2) is 0 Å². The monoisotopic (exact) mass is 212 g/mol. The second-order valence-corrected chi connectivity index (χ2v) is 3.55. The Morgan fingerprint density at radius 1 is 1.47 bits per heavy atom. The molecule has 0 spiro atoms. The molecule has 86 valence electrons. The number of hydrogen-bond donors (Lipinski definition) is 0. The predicted molar refractivity (Wildman–Crippen MR) is 58.8 cm³/mol. The molecule has 0 saturated carbocycles. The van der Waals surface area contributed by atoms with Gasteiger partial charge in [-0.15, -0.1) is 0 Å². The van der Waals surface area contributed by atoms with Gasteiger partial charge in [0.2, 0.25) is 0 Å². The fraction of sp³-hybridized carbons (Fsp3) is 0.727. The minimum Gasteiger partial charge on any atom is -0.379 e. The molecule has 0 aromatic carbocycles. The molecular weight excluding hydrogens is 192 g/mol. The maximum Gasteiger partial charge on any atom is 0.0983 e. The van der Waals surface area contributed by atoms with E-state index in [-0.39, 0.29) is 6.10 Å². The van der Waals surface area contributed by atoms with Gasteiger partial charge in [-0.25, -0.2) is 4.98 Å². The Balaban J connectivity index is 2.18. The standard InChI is InChI=1S/C11H20N2O2/c1-3-4-7-15-9-11(14-2)8-13-6-5-12-10-13/h5-6,10-11H,3-4,7-9H2,1-2H3. The lowest BCUT2D eigenvalue weighted by atomic mass is 10.3. The molecule has 1 aromatic heterocycles. The van der Waals surface area contributed by atoms with E-state index in [1.165, 1.54) is 6.42 Å². The molecule has 1 heterocycles. The molecule has 0 bridgehead atoms. The van der Waals surface area contributed by atoms with Crippen molar-refractivity contribution >= 4 is 0 Å². The second-order valence-electron chi connectivity index (χ2n) is 3.55. The number of rotatable bonds is 8. The first-order valence-electron chi connectivity index (χ1n) is 5.43. The lowest BCUT2D eigenvalue weighted by Gasteiger charge is -2.15.